The van der Waals surface area contributed by atoms with Crippen LogP contribution < -0.4 is 10.1 Å². The Morgan fingerprint density at radius 2 is 1.77 bits per heavy atom. The molecule has 1 N–H and O–H groups in total. The number of benzene rings is 2. The van der Waals surface area contributed by atoms with Crippen molar-refractivity contribution < 1.29 is 22.0 Å². The van der Waals surface area contributed by atoms with E-state index >= 15 is 0 Å². The fourth-order valence-electron chi connectivity index (χ4n) is 2.86. The highest BCUT2D eigenvalue weighted by Crippen LogP contribution is 2.33. The van der Waals surface area contributed by atoms with E-state index in [1.165, 1.54) is 6.26 Å². The van der Waals surface area contributed by atoms with Crippen molar-refractivity contribution in [3.05, 3.63) is 78.1 Å². The van der Waals surface area contributed by atoms with E-state index in [9.17, 15) is 8.42 Å². The lowest BCUT2D eigenvalue weighted by Gasteiger charge is -2.07. The summed E-state index contributed by atoms with van der Waals surface area (Å²) in [4.78, 5) is 4.37. The number of anilines is 1. The molecule has 0 radical (unpaired) electrons. The van der Waals surface area contributed by atoms with Crippen LogP contribution in [0.3, 0.4) is 0 Å². The molecule has 4 aromatic rings. The van der Waals surface area contributed by atoms with Gasteiger partial charge in [0.15, 0.2) is 5.76 Å². The molecule has 0 spiro atoms. The number of aryl methyl sites for hydroxylation is 1. The molecular weight excluding hydrogens is 404 g/mol. The van der Waals surface area contributed by atoms with Crippen molar-refractivity contribution in [1.82, 2.24) is 4.98 Å². The molecule has 0 aliphatic carbocycles. The summed E-state index contributed by atoms with van der Waals surface area (Å²) in [6.45, 7) is 2.23. The molecule has 0 aliphatic heterocycles. The predicted octanol–water partition coefficient (Wildman–Crippen LogP) is 4.70. The minimum absolute atomic E-state index is 0.0535. The van der Waals surface area contributed by atoms with Crippen LogP contribution >= 0.6 is 0 Å². The van der Waals surface area contributed by atoms with E-state index < -0.39 is 9.84 Å². The molecule has 2 aromatic heterocycles. The Labute approximate surface area is 174 Å². The maximum atomic E-state index is 13.2. The summed E-state index contributed by atoms with van der Waals surface area (Å²) >= 11 is 0. The molecule has 0 amide bonds. The molecule has 0 fully saturated rings. The van der Waals surface area contributed by atoms with Crippen LogP contribution in [0, 0.1) is 6.92 Å². The van der Waals surface area contributed by atoms with Gasteiger partial charge in [-0.05, 0) is 48.9 Å². The molecule has 7 nitrogen and oxygen atoms in total. The first kappa shape index (κ1) is 19.8. The molecule has 0 saturated heterocycles. The van der Waals surface area contributed by atoms with Crippen LogP contribution in [0.4, 0.5) is 5.88 Å². The van der Waals surface area contributed by atoms with Crippen molar-refractivity contribution in [3.8, 4) is 17.4 Å². The molecular formula is C22H20N2O5S. The lowest BCUT2D eigenvalue weighted by Crippen LogP contribution is -2.07. The smallest absolute Gasteiger partial charge is 0.266 e. The summed E-state index contributed by atoms with van der Waals surface area (Å²) in [6, 6.07) is 17.3. The normalized spacial score (nSPS) is 11.4. The number of hydrogen-bond acceptors (Lipinski definition) is 7. The third-order valence-corrected chi connectivity index (χ3v) is 6.20. The zero-order valence-electron chi connectivity index (χ0n) is 16.5. The van der Waals surface area contributed by atoms with Crippen LogP contribution in [-0.2, 0) is 16.4 Å². The predicted molar refractivity (Wildman–Crippen MR) is 111 cm³/mol. The van der Waals surface area contributed by atoms with Gasteiger partial charge in [-0.25, -0.2) is 8.42 Å². The summed E-state index contributed by atoms with van der Waals surface area (Å²) in [5, 5.41) is 2.86. The topological polar surface area (TPSA) is 94.6 Å². The van der Waals surface area contributed by atoms with E-state index in [0.717, 1.165) is 16.9 Å². The third kappa shape index (κ3) is 3.95. The van der Waals surface area contributed by atoms with E-state index in [2.05, 4.69) is 10.3 Å². The summed E-state index contributed by atoms with van der Waals surface area (Å²) in [6.07, 6.45) is 1.47. The van der Waals surface area contributed by atoms with Crippen LogP contribution in [0.25, 0.3) is 11.7 Å². The molecule has 0 atom stereocenters. The number of rotatable bonds is 7. The highest BCUT2D eigenvalue weighted by Gasteiger charge is 2.29. The number of sulfone groups is 1. The first-order chi connectivity index (χ1) is 14.5. The average Bonchev–Trinajstić information content (AvgIpc) is 3.43. The average molecular weight is 424 g/mol. The van der Waals surface area contributed by atoms with Gasteiger partial charge in [-0.2, -0.15) is 4.98 Å². The Kier molecular flexibility index (Phi) is 5.33. The molecule has 30 heavy (non-hydrogen) atoms. The Morgan fingerprint density at radius 3 is 2.40 bits per heavy atom. The molecule has 154 valence electrons. The highest BCUT2D eigenvalue weighted by molar-refractivity contribution is 7.91. The maximum Gasteiger partial charge on any atom is 0.266 e. The number of hydrogen-bond donors (Lipinski definition) is 1. The van der Waals surface area contributed by atoms with E-state index in [0.29, 0.717) is 12.3 Å². The molecule has 2 aromatic carbocycles. The third-order valence-electron chi connectivity index (χ3n) is 4.53. The Morgan fingerprint density at radius 1 is 1.03 bits per heavy atom. The van der Waals surface area contributed by atoms with Gasteiger partial charge in [-0.3, -0.25) is 0 Å². The van der Waals surface area contributed by atoms with Crippen LogP contribution in [0.15, 0.2) is 85.7 Å². The molecule has 0 saturated carbocycles. The van der Waals surface area contributed by atoms with E-state index in [-0.39, 0.29) is 21.7 Å². The largest absolute Gasteiger partial charge is 0.497 e. The van der Waals surface area contributed by atoms with Crippen LogP contribution in [0.5, 0.6) is 5.75 Å². The van der Waals surface area contributed by atoms with E-state index in [1.807, 2.05) is 31.2 Å². The number of ether oxygens (including phenoxy) is 1. The number of aromatic nitrogens is 1. The van der Waals surface area contributed by atoms with Gasteiger partial charge in [0.05, 0.1) is 18.3 Å². The van der Waals surface area contributed by atoms with Crippen LogP contribution in [0.1, 0.15) is 11.1 Å². The van der Waals surface area contributed by atoms with Gasteiger partial charge in [0.25, 0.3) is 5.89 Å². The number of furan rings is 1. The zero-order chi connectivity index (χ0) is 21.1. The van der Waals surface area contributed by atoms with Crippen molar-refractivity contribution in [1.29, 1.82) is 0 Å². The number of nitrogens with one attached hydrogen (secondary N) is 1. The van der Waals surface area contributed by atoms with Crippen molar-refractivity contribution in [2.75, 3.05) is 12.4 Å². The second-order valence-corrected chi connectivity index (χ2v) is 8.51. The monoisotopic (exact) mass is 424 g/mol. The van der Waals surface area contributed by atoms with Gasteiger partial charge in [-0.1, -0.05) is 29.8 Å². The minimum Gasteiger partial charge on any atom is -0.497 e. The molecule has 0 unspecified atom stereocenters. The number of methoxy groups -OCH3 is 1. The van der Waals surface area contributed by atoms with Crippen LogP contribution in [-0.4, -0.2) is 20.5 Å². The van der Waals surface area contributed by atoms with E-state index in [1.54, 1.807) is 43.5 Å². The van der Waals surface area contributed by atoms with Gasteiger partial charge >= 0.3 is 0 Å². The zero-order valence-corrected chi connectivity index (χ0v) is 17.3. The van der Waals surface area contributed by atoms with Crippen molar-refractivity contribution >= 4 is 15.7 Å². The van der Waals surface area contributed by atoms with Gasteiger partial charge in [0, 0.05) is 6.54 Å². The van der Waals surface area contributed by atoms with Gasteiger partial charge in [0.2, 0.25) is 20.7 Å². The molecule has 8 heteroatoms. The summed E-state index contributed by atoms with van der Waals surface area (Å²) in [5.41, 5.74) is 1.88. The maximum absolute atomic E-state index is 13.2. The quantitative estimate of drug-likeness (QED) is 0.460. The standard InChI is InChI=1S/C22H20N2O5S/c1-15-5-11-18(12-6-15)30(25,26)22-21(29-20(24-22)19-4-3-13-28-19)23-14-16-7-9-17(27-2)10-8-16/h3-13,23H,14H2,1-2H3. The molecule has 0 bridgehead atoms. The second kappa shape index (κ2) is 8.08. The highest BCUT2D eigenvalue weighted by atomic mass is 32.2. The summed E-state index contributed by atoms with van der Waals surface area (Å²) in [5.74, 6) is 1.22. The van der Waals surface area contributed by atoms with Crippen molar-refractivity contribution in [3.63, 3.8) is 0 Å². The second-order valence-electron chi connectivity index (χ2n) is 6.65. The SMILES string of the molecule is COc1ccc(CNc2oc(-c3ccco3)nc2S(=O)(=O)c2ccc(C)cc2)cc1. The lowest BCUT2D eigenvalue weighted by molar-refractivity contribution is 0.414. The summed E-state index contributed by atoms with van der Waals surface area (Å²) in [7, 11) is -2.30. The summed E-state index contributed by atoms with van der Waals surface area (Å²) < 4.78 is 42.7. The minimum atomic E-state index is -3.90. The van der Waals surface area contributed by atoms with Gasteiger partial charge in [0.1, 0.15) is 5.75 Å². The fourth-order valence-corrected chi connectivity index (χ4v) is 4.14. The number of oxazole rings is 1. The molecule has 2 heterocycles. The van der Waals surface area contributed by atoms with Crippen LogP contribution in [0.2, 0.25) is 0 Å². The lowest BCUT2D eigenvalue weighted by atomic mass is 10.2. The Balaban J connectivity index is 1.70. The first-order valence-electron chi connectivity index (χ1n) is 9.20. The fraction of sp³-hybridized carbons (Fsp3) is 0.136. The Bertz CT molecular complexity index is 1230. The molecule has 4 rings (SSSR count). The van der Waals surface area contributed by atoms with E-state index in [4.69, 9.17) is 13.6 Å². The van der Waals surface area contributed by atoms with Gasteiger partial charge in [-0.15, -0.1) is 0 Å². The molecule has 0 aliphatic rings. The first-order valence-corrected chi connectivity index (χ1v) is 10.7. The van der Waals surface area contributed by atoms with Crippen molar-refractivity contribution in [2.45, 2.75) is 23.4 Å². The van der Waals surface area contributed by atoms with Crippen molar-refractivity contribution in [2.24, 2.45) is 0 Å². The Hall–Kier alpha value is -3.52. The van der Waals surface area contributed by atoms with Gasteiger partial charge < -0.3 is 18.9 Å². The number of nitrogens with zero attached hydrogens (tertiary/aromatic N) is 1.